The molecule has 2 rings (SSSR count). The van der Waals surface area contributed by atoms with Crippen molar-refractivity contribution in [3.8, 4) is 0 Å². The fraction of sp³-hybridized carbons (Fsp3) is 0.167. The molecule has 0 radical (unpaired) electrons. The van der Waals surface area contributed by atoms with Crippen LogP contribution in [0.5, 0.6) is 0 Å². The molecule has 5 heteroatoms. The highest BCUT2D eigenvalue weighted by atomic mass is 127. The van der Waals surface area contributed by atoms with Crippen LogP contribution < -0.4 is 10.6 Å². The Morgan fingerprint density at radius 2 is 2.12 bits per heavy atom. The van der Waals surface area contributed by atoms with Crippen molar-refractivity contribution in [2.75, 3.05) is 17.7 Å². The Kier molecular flexibility index (Phi) is 3.78. The molecule has 0 unspecified atom stereocenters. The maximum atomic E-state index is 4.38. The van der Waals surface area contributed by atoms with Gasteiger partial charge in [0.25, 0.3) is 0 Å². The lowest BCUT2D eigenvalue weighted by Gasteiger charge is -2.09. The van der Waals surface area contributed by atoms with E-state index in [1.54, 1.807) is 13.2 Å². The minimum absolute atomic E-state index is 0.615. The average Bonchev–Trinajstić information content (AvgIpc) is 2.32. The molecule has 2 N–H and O–H groups in total. The zero-order chi connectivity index (χ0) is 12.3. The Hall–Kier alpha value is -1.37. The SMILES string of the molecule is CNc1ncc(C)c(Nc2cccc(I)c2)n1. The van der Waals surface area contributed by atoms with Gasteiger partial charge >= 0.3 is 0 Å². The third-order valence-corrected chi connectivity index (χ3v) is 2.95. The highest BCUT2D eigenvalue weighted by Crippen LogP contribution is 2.20. The Labute approximate surface area is 114 Å². The topological polar surface area (TPSA) is 49.8 Å². The molecule has 4 nitrogen and oxygen atoms in total. The van der Waals surface area contributed by atoms with Gasteiger partial charge in [-0.2, -0.15) is 4.98 Å². The van der Waals surface area contributed by atoms with Gasteiger partial charge in [0.2, 0.25) is 5.95 Å². The van der Waals surface area contributed by atoms with Crippen molar-refractivity contribution >= 4 is 40.0 Å². The van der Waals surface area contributed by atoms with Crippen LogP contribution in [-0.4, -0.2) is 17.0 Å². The van der Waals surface area contributed by atoms with Crippen molar-refractivity contribution in [1.82, 2.24) is 9.97 Å². The first kappa shape index (κ1) is 12.1. The maximum Gasteiger partial charge on any atom is 0.224 e. The van der Waals surface area contributed by atoms with Crippen LogP contribution in [0.4, 0.5) is 17.5 Å². The van der Waals surface area contributed by atoms with E-state index in [1.165, 1.54) is 3.57 Å². The van der Waals surface area contributed by atoms with Crippen LogP contribution in [0.3, 0.4) is 0 Å². The average molecular weight is 340 g/mol. The molecule has 0 saturated carbocycles. The maximum absolute atomic E-state index is 4.38. The molecule has 0 atom stereocenters. The van der Waals surface area contributed by atoms with Gasteiger partial charge in [0.15, 0.2) is 0 Å². The van der Waals surface area contributed by atoms with Gasteiger partial charge in [-0.05, 0) is 47.7 Å². The highest BCUT2D eigenvalue weighted by molar-refractivity contribution is 14.1. The van der Waals surface area contributed by atoms with Crippen LogP contribution in [0.1, 0.15) is 5.56 Å². The Balaban J connectivity index is 2.29. The number of nitrogens with one attached hydrogen (secondary N) is 2. The predicted octanol–water partition coefficient (Wildman–Crippen LogP) is 3.17. The van der Waals surface area contributed by atoms with E-state index in [0.717, 1.165) is 17.1 Å². The molecule has 1 heterocycles. The van der Waals surface area contributed by atoms with Gasteiger partial charge < -0.3 is 10.6 Å². The van der Waals surface area contributed by atoms with Gasteiger partial charge in [-0.25, -0.2) is 4.98 Å². The van der Waals surface area contributed by atoms with Gasteiger partial charge in [-0.1, -0.05) is 6.07 Å². The number of hydrogen-bond acceptors (Lipinski definition) is 4. The third kappa shape index (κ3) is 3.06. The number of aryl methyl sites for hydroxylation is 1. The van der Waals surface area contributed by atoms with Crippen LogP contribution in [0.25, 0.3) is 0 Å². The molecule has 0 saturated heterocycles. The Morgan fingerprint density at radius 1 is 1.29 bits per heavy atom. The molecule has 0 aliphatic heterocycles. The van der Waals surface area contributed by atoms with Crippen molar-refractivity contribution in [2.45, 2.75) is 6.92 Å². The lowest BCUT2D eigenvalue weighted by Crippen LogP contribution is -2.02. The van der Waals surface area contributed by atoms with Crippen molar-refractivity contribution in [1.29, 1.82) is 0 Å². The molecular formula is C12H13IN4. The quantitative estimate of drug-likeness (QED) is 0.843. The summed E-state index contributed by atoms with van der Waals surface area (Å²) >= 11 is 2.29. The first-order valence-corrected chi connectivity index (χ1v) is 6.31. The fourth-order valence-electron chi connectivity index (χ4n) is 1.39. The number of anilines is 3. The second-order valence-electron chi connectivity index (χ2n) is 3.61. The lowest BCUT2D eigenvalue weighted by molar-refractivity contribution is 1.12. The lowest BCUT2D eigenvalue weighted by atomic mass is 10.3. The monoisotopic (exact) mass is 340 g/mol. The molecule has 0 aliphatic carbocycles. The molecule has 1 aromatic heterocycles. The smallest absolute Gasteiger partial charge is 0.224 e. The first-order valence-electron chi connectivity index (χ1n) is 5.23. The highest BCUT2D eigenvalue weighted by Gasteiger charge is 2.03. The Morgan fingerprint density at radius 3 is 2.82 bits per heavy atom. The molecule has 0 fully saturated rings. The van der Waals surface area contributed by atoms with Gasteiger partial charge in [0.05, 0.1) is 0 Å². The zero-order valence-corrected chi connectivity index (χ0v) is 11.8. The number of halogens is 1. The van der Waals surface area contributed by atoms with E-state index in [0.29, 0.717) is 5.95 Å². The number of rotatable bonds is 3. The minimum Gasteiger partial charge on any atom is -0.357 e. The van der Waals surface area contributed by atoms with Gasteiger partial charge in [-0.15, -0.1) is 0 Å². The van der Waals surface area contributed by atoms with E-state index in [1.807, 2.05) is 19.1 Å². The molecule has 88 valence electrons. The number of hydrogen-bond donors (Lipinski definition) is 2. The summed E-state index contributed by atoms with van der Waals surface area (Å²) in [5.41, 5.74) is 2.05. The minimum atomic E-state index is 0.615. The molecule has 0 spiro atoms. The molecule has 2 aromatic rings. The molecule has 17 heavy (non-hydrogen) atoms. The van der Waals surface area contributed by atoms with Crippen LogP contribution in [0.15, 0.2) is 30.5 Å². The van der Waals surface area contributed by atoms with Gasteiger partial charge in [-0.3, -0.25) is 0 Å². The van der Waals surface area contributed by atoms with Crippen molar-refractivity contribution in [2.24, 2.45) is 0 Å². The molecule has 1 aromatic carbocycles. The third-order valence-electron chi connectivity index (χ3n) is 2.28. The summed E-state index contributed by atoms with van der Waals surface area (Å²) in [5.74, 6) is 1.44. The standard InChI is InChI=1S/C12H13IN4/c1-8-7-15-12(14-2)17-11(8)16-10-5-3-4-9(13)6-10/h3-7H,1-2H3,(H2,14,15,16,17). The van der Waals surface area contributed by atoms with E-state index in [9.17, 15) is 0 Å². The van der Waals surface area contributed by atoms with E-state index in [-0.39, 0.29) is 0 Å². The van der Waals surface area contributed by atoms with E-state index < -0.39 is 0 Å². The summed E-state index contributed by atoms with van der Waals surface area (Å²) in [6.07, 6.45) is 1.80. The van der Waals surface area contributed by atoms with E-state index >= 15 is 0 Å². The normalized spacial score (nSPS) is 10.1. The van der Waals surface area contributed by atoms with Crippen LogP contribution in [0, 0.1) is 10.5 Å². The zero-order valence-electron chi connectivity index (χ0n) is 9.66. The molecular weight excluding hydrogens is 327 g/mol. The summed E-state index contributed by atoms with van der Waals surface area (Å²) in [4.78, 5) is 8.53. The van der Waals surface area contributed by atoms with E-state index in [2.05, 4.69) is 55.3 Å². The largest absolute Gasteiger partial charge is 0.357 e. The number of aromatic nitrogens is 2. The number of benzene rings is 1. The van der Waals surface area contributed by atoms with Crippen molar-refractivity contribution in [3.05, 3.63) is 39.6 Å². The van der Waals surface area contributed by atoms with Crippen molar-refractivity contribution < 1.29 is 0 Å². The van der Waals surface area contributed by atoms with Crippen LogP contribution >= 0.6 is 22.6 Å². The van der Waals surface area contributed by atoms with Gasteiger partial charge in [0.1, 0.15) is 5.82 Å². The summed E-state index contributed by atoms with van der Waals surface area (Å²) in [6.45, 7) is 1.98. The summed E-state index contributed by atoms with van der Waals surface area (Å²) in [6, 6.07) is 8.15. The summed E-state index contributed by atoms with van der Waals surface area (Å²) in [5, 5.41) is 6.22. The fourth-order valence-corrected chi connectivity index (χ4v) is 1.94. The van der Waals surface area contributed by atoms with E-state index in [4.69, 9.17) is 0 Å². The molecule has 0 amide bonds. The number of nitrogens with zero attached hydrogens (tertiary/aromatic N) is 2. The first-order chi connectivity index (χ1) is 8.19. The second kappa shape index (κ2) is 5.31. The second-order valence-corrected chi connectivity index (χ2v) is 4.86. The van der Waals surface area contributed by atoms with Crippen molar-refractivity contribution in [3.63, 3.8) is 0 Å². The van der Waals surface area contributed by atoms with Crippen LogP contribution in [-0.2, 0) is 0 Å². The summed E-state index contributed by atoms with van der Waals surface area (Å²) in [7, 11) is 1.81. The van der Waals surface area contributed by atoms with Gasteiger partial charge in [0, 0.05) is 28.1 Å². The molecule has 0 bridgehead atoms. The van der Waals surface area contributed by atoms with Crippen LogP contribution in [0.2, 0.25) is 0 Å². The summed E-state index contributed by atoms with van der Waals surface area (Å²) < 4.78 is 1.19. The molecule has 0 aliphatic rings. The predicted molar refractivity (Wildman–Crippen MR) is 78.8 cm³/mol. The Bertz CT molecular complexity index is 528.